The molecule has 0 aromatic rings. The number of hydrogen-bond acceptors (Lipinski definition) is 4. The van der Waals surface area contributed by atoms with Crippen molar-refractivity contribution in [2.75, 3.05) is 14.2 Å². The number of esters is 1. The van der Waals surface area contributed by atoms with Crippen LogP contribution in [0.1, 0.15) is 33.6 Å². The molecule has 0 spiro atoms. The van der Waals surface area contributed by atoms with Crippen LogP contribution in [0.15, 0.2) is 0 Å². The van der Waals surface area contributed by atoms with Crippen LogP contribution in [0, 0.1) is 5.92 Å². The summed E-state index contributed by atoms with van der Waals surface area (Å²) in [6.07, 6.45) is 0.969. The third-order valence-electron chi connectivity index (χ3n) is 2.88. The van der Waals surface area contributed by atoms with Crippen LogP contribution in [-0.4, -0.2) is 42.8 Å². The predicted octanol–water partition coefficient (Wildman–Crippen LogP) is 1.80. The summed E-state index contributed by atoms with van der Waals surface area (Å²) in [6, 6.07) is 0.0777. The van der Waals surface area contributed by atoms with Crippen molar-refractivity contribution in [2.45, 2.75) is 45.3 Å². The average molecular weight is 243 g/mol. The topological polar surface area (TPSA) is 55.8 Å². The molecule has 0 aromatic carbocycles. The van der Waals surface area contributed by atoms with E-state index in [4.69, 9.17) is 4.74 Å². The van der Waals surface area contributed by atoms with E-state index in [-0.39, 0.29) is 24.0 Å². The molecule has 0 radical (unpaired) electrons. The second-order valence-corrected chi connectivity index (χ2v) is 5.44. The molecule has 0 atom stereocenters. The van der Waals surface area contributed by atoms with Gasteiger partial charge in [-0.2, -0.15) is 0 Å². The number of carbonyl (C=O) groups excluding carboxylic acids is 2. The van der Waals surface area contributed by atoms with Gasteiger partial charge < -0.3 is 14.4 Å². The molecule has 1 saturated carbocycles. The number of amides is 1. The highest BCUT2D eigenvalue weighted by atomic mass is 16.6. The molecule has 0 heterocycles. The number of ether oxygens (including phenoxy) is 2. The lowest BCUT2D eigenvalue weighted by Gasteiger charge is -2.39. The average Bonchev–Trinajstić information content (AvgIpc) is 2.12. The summed E-state index contributed by atoms with van der Waals surface area (Å²) in [4.78, 5) is 24.5. The van der Waals surface area contributed by atoms with Gasteiger partial charge in [0.1, 0.15) is 5.60 Å². The van der Waals surface area contributed by atoms with Crippen molar-refractivity contribution in [1.29, 1.82) is 0 Å². The quantitative estimate of drug-likeness (QED) is 0.694. The number of nitrogens with zero attached hydrogens (tertiary/aromatic N) is 1. The van der Waals surface area contributed by atoms with Crippen molar-refractivity contribution >= 4 is 12.1 Å². The molecule has 0 bridgehead atoms. The van der Waals surface area contributed by atoms with Crippen LogP contribution in [0.2, 0.25) is 0 Å². The fourth-order valence-corrected chi connectivity index (χ4v) is 1.75. The van der Waals surface area contributed by atoms with Crippen LogP contribution >= 0.6 is 0 Å². The fourth-order valence-electron chi connectivity index (χ4n) is 1.75. The van der Waals surface area contributed by atoms with Gasteiger partial charge in [-0.1, -0.05) is 0 Å². The molecule has 0 N–H and O–H groups in total. The third-order valence-corrected chi connectivity index (χ3v) is 2.88. The molecule has 1 aliphatic rings. The molecular weight excluding hydrogens is 222 g/mol. The zero-order valence-electron chi connectivity index (χ0n) is 11.1. The van der Waals surface area contributed by atoms with Crippen molar-refractivity contribution in [3.05, 3.63) is 0 Å². The maximum Gasteiger partial charge on any atom is 0.410 e. The first-order valence-corrected chi connectivity index (χ1v) is 5.78. The fraction of sp³-hybridized carbons (Fsp3) is 0.833. The number of hydrogen-bond donors (Lipinski definition) is 0. The second-order valence-electron chi connectivity index (χ2n) is 5.44. The van der Waals surface area contributed by atoms with Gasteiger partial charge in [0.05, 0.1) is 13.0 Å². The first kappa shape index (κ1) is 13.8. The molecule has 0 aromatic heterocycles. The Labute approximate surface area is 102 Å². The van der Waals surface area contributed by atoms with E-state index in [0.29, 0.717) is 12.8 Å². The summed E-state index contributed by atoms with van der Waals surface area (Å²) in [5, 5.41) is 0. The summed E-state index contributed by atoms with van der Waals surface area (Å²) in [6.45, 7) is 5.49. The minimum absolute atomic E-state index is 0.0742. The van der Waals surface area contributed by atoms with E-state index in [2.05, 4.69) is 4.74 Å². The van der Waals surface area contributed by atoms with Crippen LogP contribution in [0.3, 0.4) is 0 Å². The Morgan fingerprint density at radius 1 is 1.24 bits per heavy atom. The highest BCUT2D eigenvalue weighted by Gasteiger charge is 2.40. The summed E-state index contributed by atoms with van der Waals surface area (Å²) >= 11 is 0. The minimum atomic E-state index is -0.489. The van der Waals surface area contributed by atoms with Crippen LogP contribution in [-0.2, 0) is 14.3 Å². The van der Waals surface area contributed by atoms with Gasteiger partial charge in [0.2, 0.25) is 0 Å². The molecule has 98 valence electrons. The van der Waals surface area contributed by atoms with E-state index in [0.717, 1.165) is 0 Å². The maximum atomic E-state index is 11.7. The SMILES string of the molecule is COC(=O)[C@H]1C[C@H](N(C)C(=O)OC(C)(C)C)C1. The Kier molecular flexibility index (Phi) is 4.01. The molecule has 1 rings (SSSR count). The van der Waals surface area contributed by atoms with E-state index in [1.165, 1.54) is 7.11 Å². The van der Waals surface area contributed by atoms with E-state index < -0.39 is 5.60 Å². The van der Waals surface area contributed by atoms with Gasteiger partial charge in [-0.05, 0) is 33.6 Å². The van der Waals surface area contributed by atoms with Crippen molar-refractivity contribution in [3.8, 4) is 0 Å². The first-order chi connectivity index (χ1) is 7.74. The van der Waals surface area contributed by atoms with E-state index in [9.17, 15) is 9.59 Å². The molecule has 1 aliphatic carbocycles. The molecule has 0 saturated heterocycles. The lowest BCUT2D eigenvalue weighted by molar-refractivity contribution is -0.150. The molecule has 5 nitrogen and oxygen atoms in total. The molecule has 0 unspecified atom stereocenters. The Bertz CT molecular complexity index is 302. The second kappa shape index (κ2) is 4.94. The summed E-state index contributed by atoms with van der Waals surface area (Å²) in [7, 11) is 3.08. The first-order valence-electron chi connectivity index (χ1n) is 5.78. The third kappa shape index (κ3) is 3.61. The lowest BCUT2D eigenvalue weighted by Crippen LogP contribution is -2.49. The Morgan fingerprint density at radius 3 is 2.18 bits per heavy atom. The van der Waals surface area contributed by atoms with E-state index in [1.807, 2.05) is 20.8 Å². The Hall–Kier alpha value is -1.26. The van der Waals surface area contributed by atoms with Gasteiger partial charge in [-0.25, -0.2) is 4.79 Å². The van der Waals surface area contributed by atoms with Gasteiger partial charge in [-0.3, -0.25) is 4.79 Å². The number of methoxy groups -OCH3 is 1. The molecule has 1 fully saturated rings. The van der Waals surface area contributed by atoms with Crippen molar-refractivity contribution < 1.29 is 19.1 Å². The van der Waals surface area contributed by atoms with Gasteiger partial charge in [0.15, 0.2) is 0 Å². The number of rotatable bonds is 2. The molecule has 0 aliphatic heterocycles. The predicted molar refractivity (Wildman–Crippen MR) is 62.5 cm³/mol. The zero-order chi connectivity index (χ0) is 13.2. The normalized spacial score (nSPS) is 23.6. The summed E-state index contributed by atoms with van der Waals surface area (Å²) in [5.74, 6) is -0.270. The van der Waals surface area contributed by atoms with Crippen LogP contribution in [0.5, 0.6) is 0 Å². The number of carbonyl (C=O) groups is 2. The molecule has 1 amide bonds. The minimum Gasteiger partial charge on any atom is -0.469 e. The van der Waals surface area contributed by atoms with Crippen molar-refractivity contribution in [1.82, 2.24) is 4.90 Å². The van der Waals surface area contributed by atoms with Crippen LogP contribution in [0.25, 0.3) is 0 Å². The lowest BCUT2D eigenvalue weighted by atomic mass is 9.79. The standard InChI is InChI=1S/C12H21NO4/c1-12(2,3)17-11(15)13(4)9-6-8(7-9)10(14)16-5/h8-9H,6-7H2,1-5H3/t8-,9-. The van der Waals surface area contributed by atoms with E-state index >= 15 is 0 Å². The maximum absolute atomic E-state index is 11.7. The van der Waals surface area contributed by atoms with Gasteiger partial charge >= 0.3 is 12.1 Å². The summed E-state index contributed by atoms with van der Waals surface area (Å²) in [5.41, 5.74) is -0.489. The Balaban J connectivity index is 2.39. The van der Waals surface area contributed by atoms with Crippen LogP contribution < -0.4 is 0 Å². The van der Waals surface area contributed by atoms with Crippen molar-refractivity contribution in [3.63, 3.8) is 0 Å². The smallest absolute Gasteiger partial charge is 0.410 e. The van der Waals surface area contributed by atoms with Gasteiger partial charge in [0, 0.05) is 13.1 Å². The summed E-state index contributed by atoms with van der Waals surface area (Å²) < 4.78 is 9.90. The zero-order valence-corrected chi connectivity index (χ0v) is 11.1. The van der Waals surface area contributed by atoms with Gasteiger partial charge in [-0.15, -0.1) is 0 Å². The molecular formula is C12H21NO4. The highest BCUT2D eigenvalue weighted by Crippen LogP contribution is 2.32. The van der Waals surface area contributed by atoms with Crippen molar-refractivity contribution in [2.24, 2.45) is 5.92 Å². The Morgan fingerprint density at radius 2 is 1.76 bits per heavy atom. The highest BCUT2D eigenvalue weighted by molar-refractivity contribution is 5.74. The molecule has 17 heavy (non-hydrogen) atoms. The van der Waals surface area contributed by atoms with E-state index in [1.54, 1.807) is 11.9 Å². The van der Waals surface area contributed by atoms with Crippen LogP contribution in [0.4, 0.5) is 4.79 Å². The monoisotopic (exact) mass is 243 g/mol. The van der Waals surface area contributed by atoms with Gasteiger partial charge in [0.25, 0.3) is 0 Å². The molecule has 5 heteroatoms. The largest absolute Gasteiger partial charge is 0.469 e.